The van der Waals surface area contributed by atoms with Crippen LogP contribution < -0.4 is 0 Å². The number of aliphatic hydroxyl groups excluding tert-OH is 2. The van der Waals surface area contributed by atoms with Crippen molar-refractivity contribution >= 4 is 10.8 Å². The SMILES string of the molecule is O[C@H]1[C@H]2c3ccccc3[C@@H](c3cc4ccccc4cc32)[C@@H]1O. The van der Waals surface area contributed by atoms with Gasteiger partial charge in [0.15, 0.2) is 0 Å². The van der Waals surface area contributed by atoms with E-state index >= 15 is 0 Å². The van der Waals surface area contributed by atoms with Crippen LogP contribution in [-0.4, -0.2) is 22.4 Å². The lowest BCUT2D eigenvalue weighted by molar-refractivity contribution is -0.0153. The van der Waals surface area contributed by atoms with Crippen LogP contribution in [0.2, 0.25) is 0 Å². The molecule has 108 valence electrons. The van der Waals surface area contributed by atoms with Crippen LogP contribution in [0.1, 0.15) is 34.1 Å². The summed E-state index contributed by atoms with van der Waals surface area (Å²) in [5.41, 5.74) is 4.65. The first-order valence-electron chi connectivity index (χ1n) is 7.73. The van der Waals surface area contributed by atoms with Crippen LogP contribution in [0.3, 0.4) is 0 Å². The highest BCUT2D eigenvalue weighted by Gasteiger charge is 2.48. The van der Waals surface area contributed by atoms with Gasteiger partial charge >= 0.3 is 0 Å². The third-order valence-corrected chi connectivity index (χ3v) is 5.32. The largest absolute Gasteiger partial charge is 0.389 e. The smallest absolute Gasteiger partial charge is 0.0917 e. The van der Waals surface area contributed by atoms with Gasteiger partial charge < -0.3 is 10.2 Å². The zero-order chi connectivity index (χ0) is 14.8. The molecule has 2 N–H and O–H groups in total. The van der Waals surface area contributed by atoms with Gasteiger partial charge in [-0.3, -0.25) is 0 Å². The molecule has 0 heterocycles. The molecule has 0 radical (unpaired) electrons. The number of aliphatic hydroxyl groups is 2. The van der Waals surface area contributed by atoms with E-state index in [4.69, 9.17) is 0 Å². The number of hydrogen-bond acceptors (Lipinski definition) is 2. The molecule has 3 aromatic rings. The second-order valence-electron chi connectivity index (χ2n) is 6.39. The van der Waals surface area contributed by atoms with Crippen molar-refractivity contribution in [2.75, 3.05) is 0 Å². The second kappa shape index (κ2) is 4.19. The quantitative estimate of drug-likeness (QED) is 0.667. The molecule has 0 fully saturated rings. The minimum Gasteiger partial charge on any atom is -0.389 e. The fraction of sp³-hybridized carbons (Fsp3) is 0.200. The van der Waals surface area contributed by atoms with E-state index in [1.807, 2.05) is 24.3 Å². The summed E-state index contributed by atoms with van der Waals surface area (Å²) in [7, 11) is 0. The Bertz CT molecular complexity index is 826. The van der Waals surface area contributed by atoms with E-state index in [1.165, 1.54) is 21.9 Å². The molecule has 3 aliphatic rings. The average molecular weight is 288 g/mol. The van der Waals surface area contributed by atoms with Crippen molar-refractivity contribution in [3.8, 4) is 0 Å². The third-order valence-electron chi connectivity index (χ3n) is 5.32. The maximum atomic E-state index is 10.6. The van der Waals surface area contributed by atoms with Crippen LogP contribution in [0.25, 0.3) is 10.8 Å². The van der Waals surface area contributed by atoms with Gasteiger partial charge in [-0.25, -0.2) is 0 Å². The molecule has 0 saturated heterocycles. The molecule has 3 aromatic carbocycles. The number of fused-ring (bicyclic) bond motifs is 2. The summed E-state index contributed by atoms with van der Waals surface area (Å²) in [5.74, 6) is -0.258. The van der Waals surface area contributed by atoms with Crippen LogP contribution in [0.15, 0.2) is 60.7 Å². The standard InChI is InChI=1S/C20H16O2/c21-19-17-13-7-3-4-8-14(13)18(20(19)22)16-10-12-6-2-1-5-11(12)9-15(16)17/h1-10,17-22H/t17-,18-,19-,20-/m0/s1. The van der Waals surface area contributed by atoms with Crippen LogP contribution in [0, 0.1) is 0 Å². The lowest BCUT2D eigenvalue weighted by atomic mass is 9.61. The molecule has 22 heavy (non-hydrogen) atoms. The van der Waals surface area contributed by atoms with Gasteiger partial charge in [0.2, 0.25) is 0 Å². The lowest BCUT2D eigenvalue weighted by Gasteiger charge is -2.46. The van der Waals surface area contributed by atoms with E-state index < -0.39 is 12.2 Å². The zero-order valence-electron chi connectivity index (χ0n) is 12.0. The normalized spacial score (nSPS) is 28.5. The summed E-state index contributed by atoms with van der Waals surface area (Å²) in [5, 5.41) is 23.5. The molecule has 0 spiro atoms. The summed E-state index contributed by atoms with van der Waals surface area (Å²) in [6, 6.07) is 20.9. The average Bonchev–Trinajstić information content (AvgIpc) is 2.56. The topological polar surface area (TPSA) is 40.5 Å². The van der Waals surface area contributed by atoms with E-state index in [-0.39, 0.29) is 11.8 Å². The third kappa shape index (κ3) is 1.41. The zero-order valence-corrected chi connectivity index (χ0v) is 12.0. The van der Waals surface area contributed by atoms with E-state index in [2.05, 4.69) is 36.4 Å². The molecule has 0 saturated carbocycles. The highest BCUT2D eigenvalue weighted by molar-refractivity contribution is 5.85. The molecule has 0 unspecified atom stereocenters. The summed E-state index contributed by atoms with van der Waals surface area (Å²) >= 11 is 0. The Morgan fingerprint density at radius 3 is 1.41 bits per heavy atom. The molecular formula is C20H16O2. The molecule has 2 bridgehead atoms. The Hall–Kier alpha value is -2.16. The van der Waals surface area contributed by atoms with Crippen molar-refractivity contribution < 1.29 is 10.2 Å². The first-order valence-corrected chi connectivity index (χ1v) is 7.73. The molecule has 0 aromatic heterocycles. The Morgan fingerprint density at radius 2 is 0.955 bits per heavy atom. The molecule has 6 rings (SSSR count). The van der Waals surface area contributed by atoms with E-state index in [0.717, 1.165) is 11.1 Å². The molecule has 0 amide bonds. The van der Waals surface area contributed by atoms with Crippen molar-refractivity contribution in [2.45, 2.75) is 24.0 Å². The highest BCUT2D eigenvalue weighted by atomic mass is 16.3. The van der Waals surface area contributed by atoms with E-state index in [9.17, 15) is 10.2 Å². The summed E-state index contributed by atoms with van der Waals surface area (Å²) in [6.07, 6.45) is -1.46. The Morgan fingerprint density at radius 1 is 0.545 bits per heavy atom. The van der Waals surface area contributed by atoms with Gasteiger partial charge in [-0.05, 0) is 33.0 Å². The van der Waals surface area contributed by atoms with Crippen molar-refractivity contribution in [2.24, 2.45) is 0 Å². The van der Waals surface area contributed by atoms with Crippen LogP contribution >= 0.6 is 0 Å². The summed E-state index contributed by atoms with van der Waals surface area (Å²) < 4.78 is 0. The molecule has 0 aliphatic heterocycles. The maximum absolute atomic E-state index is 10.6. The van der Waals surface area contributed by atoms with Gasteiger partial charge in [0.05, 0.1) is 12.2 Å². The number of benzene rings is 3. The van der Waals surface area contributed by atoms with Gasteiger partial charge in [0.1, 0.15) is 0 Å². The van der Waals surface area contributed by atoms with Crippen LogP contribution in [0.4, 0.5) is 0 Å². The monoisotopic (exact) mass is 288 g/mol. The van der Waals surface area contributed by atoms with Crippen LogP contribution in [0.5, 0.6) is 0 Å². The molecule has 2 nitrogen and oxygen atoms in total. The van der Waals surface area contributed by atoms with E-state index in [1.54, 1.807) is 0 Å². The van der Waals surface area contributed by atoms with E-state index in [0.29, 0.717) is 0 Å². The van der Waals surface area contributed by atoms with Crippen molar-refractivity contribution in [3.63, 3.8) is 0 Å². The summed E-state index contributed by atoms with van der Waals surface area (Å²) in [4.78, 5) is 0. The fourth-order valence-corrected chi connectivity index (χ4v) is 4.36. The van der Waals surface area contributed by atoms with Gasteiger partial charge in [-0.1, -0.05) is 60.7 Å². The minimum atomic E-state index is -0.728. The number of rotatable bonds is 0. The van der Waals surface area contributed by atoms with Crippen LogP contribution in [-0.2, 0) is 0 Å². The van der Waals surface area contributed by atoms with Gasteiger partial charge in [-0.15, -0.1) is 0 Å². The Labute approximate surface area is 128 Å². The van der Waals surface area contributed by atoms with Crippen molar-refractivity contribution in [1.82, 2.24) is 0 Å². The predicted octanol–water partition coefficient (Wildman–Crippen LogP) is 3.15. The molecule has 3 aliphatic carbocycles. The lowest BCUT2D eigenvalue weighted by Crippen LogP contribution is -2.47. The van der Waals surface area contributed by atoms with Crippen molar-refractivity contribution in [3.05, 3.63) is 82.9 Å². The first kappa shape index (κ1) is 12.4. The fourth-order valence-electron chi connectivity index (χ4n) is 4.36. The highest BCUT2D eigenvalue weighted by Crippen LogP contribution is 2.53. The molecule has 4 atom stereocenters. The van der Waals surface area contributed by atoms with Crippen molar-refractivity contribution in [1.29, 1.82) is 0 Å². The van der Waals surface area contributed by atoms with Gasteiger partial charge in [0.25, 0.3) is 0 Å². The van der Waals surface area contributed by atoms with Gasteiger partial charge in [0, 0.05) is 11.8 Å². The Balaban J connectivity index is 1.87. The minimum absolute atomic E-state index is 0.129. The number of hydrogen-bond donors (Lipinski definition) is 2. The maximum Gasteiger partial charge on any atom is 0.0917 e. The summed E-state index contributed by atoms with van der Waals surface area (Å²) in [6.45, 7) is 0. The predicted molar refractivity (Wildman–Crippen MR) is 86.1 cm³/mol. The first-order chi connectivity index (χ1) is 10.8. The second-order valence-corrected chi connectivity index (χ2v) is 6.39. The Kier molecular flexibility index (Phi) is 2.36. The molecule has 2 heteroatoms. The molecular weight excluding hydrogens is 272 g/mol. The van der Waals surface area contributed by atoms with Gasteiger partial charge in [-0.2, -0.15) is 0 Å².